The first-order valence-electron chi connectivity index (χ1n) is 14.3. The van der Waals surface area contributed by atoms with Gasteiger partial charge in [0.15, 0.2) is 23.3 Å². The summed E-state index contributed by atoms with van der Waals surface area (Å²) in [6, 6.07) is 2.65. The Morgan fingerprint density at radius 3 is 2.15 bits per heavy atom. The molecule has 0 radical (unpaired) electrons. The van der Waals surface area contributed by atoms with Gasteiger partial charge in [-0.15, -0.1) is 0 Å². The molecule has 40 heavy (non-hydrogen) atoms. The van der Waals surface area contributed by atoms with Crippen molar-refractivity contribution in [2.75, 3.05) is 13.1 Å². The van der Waals surface area contributed by atoms with Crippen LogP contribution in [0.25, 0.3) is 0 Å². The van der Waals surface area contributed by atoms with E-state index < -0.39 is 63.4 Å². The van der Waals surface area contributed by atoms with Crippen LogP contribution in [-0.2, 0) is 14.3 Å². The van der Waals surface area contributed by atoms with Crippen LogP contribution in [0.4, 0.5) is 13.6 Å². The molecule has 1 aromatic carbocycles. The van der Waals surface area contributed by atoms with Gasteiger partial charge < -0.3 is 19.1 Å². The monoisotopic (exact) mass is 561 g/mol. The average molecular weight is 562 g/mol. The number of carbonyl (C=O) groups is 3. The second kappa shape index (κ2) is 8.97. The van der Waals surface area contributed by atoms with E-state index in [9.17, 15) is 14.4 Å². The Balaban J connectivity index is 1.57. The highest BCUT2D eigenvalue weighted by atomic mass is 19.1. The Morgan fingerprint density at radius 1 is 1.02 bits per heavy atom. The fraction of sp³-hybridized carbons (Fsp3) is 0.710. The molecule has 6 rings (SSSR count). The molecule has 0 N–H and O–H groups in total. The summed E-state index contributed by atoms with van der Waals surface area (Å²) in [5.74, 6) is -2.83. The largest absolute Gasteiger partial charge is 0.479 e. The summed E-state index contributed by atoms with van der Waals surface area (Å²) in [6.07, 6.45) is -0.827. The molecule has 1 amide bonds. The molecular weight excluding hydrogens is 520 g/mol. The summed E-state index contributed by atoms with van der Waals surface area (Å²) in [4.78, 5) is 42.6. The predicted molar refractivity (Wildman–Crippen MR) is 144 cm³/mol. The average Bonchev–Trinajstić information content (AvgIpc) is 3.71. The summed E-state index contributed by atoms with van der Waals surface area (Å²) < 4.78 is 50.6. The lowest BCUT2D eigenvalue weighted by Gasteiger charge is -2.41. The minimum absolute atomic E-state index is 0.0258. The lowest BCUT2D eigenvalue weighted by molar-refractivity contribution is -0.141. The van der Waals surface area contributed by atoms with Gasteiger partial charge in [0.1, 0.15) is 22.8 Å². The van der Waals surface area contributed by atoms with E-state index in [-0.39, 0.29) is 43.2 Å². The molecule has 3 unspecified atom stereocenters. The van der Waals surface area contributed by atoms with E-state index in [1.54, 1.807) is 55.4 Å². The number of fused-ring (bicyclic) bond motifs is 4. The van der Waals surface area contributed by atoms with Crippen LogP contribution in [0.15, 0.2) is 12.1 Å². The van der Waals surface area contributed by atoms with Crippen molar-refractivity contribution in [2.24, 2.45) is 11.3 Å². The molecule has 3 atom stereocenters. The number of benzene rings is 1. The van der Waals surface area contributed by atoms with E-state index in [2.05, 4.69) is 0 Å². The smallest absolute Gasteiger partial charge is 0.410 e. The van der Waals surface area contributed by atoms with Crippen LogP contribution < -0.4 is 4.74 Å². The molecule has 7 nitrogen and oxygen atoms in total. The molecule has 5 aliphatic rings. The Labute approximate surface area is 234 Å². The lowest BCUT2D eigenvalue weighted by Crippen LogP contribution is -2.56. The number of alkyl halides is 1. The number of rotatable bonds is 3. The van der Waals surface area contributed by atoms with Gasteiger partial charge in [0.25, 0.3) is 0 Å². The van der Waals surface area contributed by atoms with Crippen LogP contribution in [0.3, 0.4) is 0 Å². The van der Waals surface area contributed by atoms with Crippen molar-refractivity contribution in [2.45, 2.75) is 116 Å². The third-order valence-corrected chi connectivity index (χ3v) is 8.67. The first-order valence-corrected chi connectivity index (χ1v) is 14.3. The van der Waals surface area contributed by atoms with Gasteiger partial charge in [-0.1, -0.05) is 13.8 Å². The van der Waals surface area contributed by atoms with Crippen molar-refractivity contribution in [3.63, 3.8) is 0 Å². The van der Waals surface area contributed by atoms with Crippen LogP contribution in [0, 0.1) is 17.2 Å². The first kappa shape index (κ1) is 29.0. The third-order valence-electron chi connectivity index (χ3n) is 8.67. The first-order chi connectivity index (χ1) is 18.3. The van der Waals surface area contributed by atoms with Gasteiger partial charge in [-0.25, -0.2) is 13.6 Å². The molecule has 2 bridgehead atoms. The number of likely N-dealkylation sites (tertiary alicyclic amines) is 1. The van der Waals surface area contributed by atoms with Crippen molar-refractivity contribution < 1.29 is 37.4 Å². The molecule has 9 heteroatoms. The van der Waals surface area contributed by atoms with Gasteiger partial charge >= 0.3 is 6.09 Å². The van der Waals surface area contributed by atoms with Crippen LogP contribution in [0.2, 0.25) is 0 Å². The molecule has 220 valence electrons. The molecule has 3 heterocycles. The van der Waals surface area contributed by atoms with Gasteiger partial charge in [0, 0.05) is 37.4 Å². The van der Waals surface area contributed by atoms with Crippen LogP contribution >= 0.6 is 0 Å². The maximum Gasteiger partial charge on any atom is 0.410 e. The number of hydrogen-bond acceptors (Lipinski definition) is 6. The van der Waals surface area contributed by atoms with Gasteiger partial charge in [-0.05, 0) is 71.9 Å². The zero-order chi connectivity index (χ0) is 29.6. The van der Waals surface area contributed by atoms with Crippen molar-refractivity contribution >= 4 is 17.7 Å². The van der Waals surface area contributed by atoms with Crippen LogP contribution in [0.1, 0.15) is 103 Å². The summed E-state index contributed by atoms with van der Waals surface area (Å²) in [5, 5.41) is 0. The summed E-state index contributed by atoms with van der Waals surface area (Å²) in [5.41, 5.74) is -5.91. The number of carbonyl (C=O) groups excluding carboxylic acids is 3. The predicted octanol–water partition coefficient (Wildman–Crippen LogP) is 6.17. The number of piperidine rings is 1. The number of amides is 1. The number of Topliss-reactive ketones (excluding diaryl/α,β-unsaturated/α-hetero) is 2. The van der Waals surface area contributed by atoms with E-state index in [0.29, 0.717) is 5.56 Å². The molecular formula is C31H41F2NO6. The van der Waals surface area contributed by atoms with Crippen molar-refractivity contribution in [3.05, 3.63) is 29.1 Å². The fourth-order valence-corrected chi connectivity index (χ4v) is 6.53. The third kappa shape index (κ3) is 4.72. The van der Waals surface area contributed by atoms with Crippen LogP contribution in [0.5, 0.6) is 5.75 Å². The van der Waals surface area contributed by atoms with Gasteiger partial charge in [0.05, 0.1) is 17.1 Å². The molecule has 3 aliphatic heterocycles. The zero-order valence-corrected chi connectivity index (χ0v) is 24.8. The number of ketones is 2. The minimum Gasteiger partial charge on any atom is -0.479 e. The van der Waals surface area contributed by atoms with E-state index in [1.165, 1.54) is 11.0 Å². The number of ether oxygens (including phenoxy) is 3. The maximum atomic E-state index is 17.0. The second-order valence-electron chi connectivity index (χ2n) is 14.5. The number of hydrogen-bond donors (Lipinski definition) is 0. The Bertz CT molecular complexity index is 1250. The summed E-state index contributed by atoms with van der Waals surface area (Å²) in [6.45, 7) is 14.1. The Kier molecular flexibility index (Phi) is 6.50. The van der Waals surface area contributed by atoms with Crippen LogP contribution in [-0.4, -0.2) is 64.2 Å². The van der Waals surface area contributed by atoms with E-state index >= 15 is 8.78 Å². The van der Waals surface area contributed by atoms with Gasteiger partial charge in [0.2, 0.25) is 0 Å². The summed E-state index contributed by atoms with van der Waals surface area (Å²) in [7, 11) is 0. The zero-order valence-electron chi connectivity index (χ0n) is 24.8. The molecule has 2 aliphatic carbocycles. The second-order valence-corrected chi connectivity index (χ2v) is 14.5. The summed E-state index contributed by atoms with van der Waals surface area (Å²) >= 11 is 0. The lowest BCUT2D eigenvalue weighted by atomic mass is 9.83. The topological polar surface area (TPSA) is 82.1 Å². The molecule has 1 saturated heterocycles. The van der Waals surface area contributed by atoms with Gasteiger partial charge in [-0.2, -0.15) is 0 Å². The van der Waals surface area contributed by atoms with E-state index in [4.69, 9.17) is 14.2 Å². The molecule has 3 fully saturated rings. The normalized spacial score (nSPS) is 29.5. The number of halogens is 2. The molecule has 0 spiro atoms. The van der Waals surface area contributed by atoms with Crippen molar-refractivity contribution in [1.29, 1.82) is 0 Å². The Morgan fingerprint density at radius 2 is 1.62 bits per heavy atom. The standard InChI is InChI=1S/C31H41F2NO6/c1-27(2,3)39-26(37)34-13-11-30(33,12-14-34)25-22(35)23-29(7,8)31(23,40-28(4,5)6)24(36)19-15-18(17-9-10-17)21(38-25)16-20(19)32/h15-17,23,25H,9-14H2,1-8H3. The quantitative estimate of drug-likeness (QED) is 0.439. The Hall–Kier alpha value is -2.55. The highest BCUT2D eigenvalue weighted by Crippen LogP contribution is 2.68. The van der Waals surface area contributed by atoms with E-state index in [0.717, 1.165) is 18.9 Å². The van der Waals surface area contributed by atoms with E-state index in [1.807, 2.05) is 0 Å². The number of nitrogens with zero attached hydrogens (tertiary/aromatic N) is 1. The minimum atomic E-state index is -2.15. The molecule has 1 aromatic rings. The molecule has 0 aromatic heterocycles. The fourth-order valence-electron chi connectivity index (χ4n) is 6.53. The highest BCUT2D eigenvalue weighted by Gasteiger charge is 2.82. The van der Waals surface area contributed by atoms with Crippen molar-refractivity contribution in [1.82, 2.24) is 4.90 Å². The van der Waals surface area contributed by atoms with Crippen molar-refractivity contribution in [3.8, 4) is 5.75 Å². The SMILES string of the molecule is CC(C)(C)OC(=O)N1CCC(F)(C2Oc3cc(F)c(cc3C3CC3)C(=O)C3(OC(C)(C)C)C(C2=O)C3(C)C)CC1. The highest BCUT2D eigenvalue weighted by molar-refractivity contribution is 6.12. The maximum absolute atomic E-state index is 17.0. The van der Waals surface area contributed by atoms with Gasteiger partial charge in [-0.3, -0.25) is 9.59 Å². The molecule has 2 saturated carbocycles.